The lowest BCUT2D eigenvalue weighted by Crippen LogP contribution is -2.43. The Morgan fingerprint density at radius 2 is 2.24 bits per heavy atom. The van der Waals surface area contributed by atoms with Crippen molar-refractivity contribution in [3.8, 4) is 0 Å². The van der Waals surface area contributed by atoms with Crippen LogP contribution in [0.3, 0.4) is 0 Å². The largest absolute Gasteiger partial charge is 0.370 e. The highest BCUT2D eigenvalue weighted by Gasteiger charge is 2.19. The Morgan fingerprint density at radius 1 is 1.59 bits per heavy atom. The van der Waals surface area contributed by atoms with Crippen LogP contribution in [0, 0.1) is 6.92 Å². The minimum Gasteiger partial charge on any atom is -0.370 e. The quantitative estimate of drug-likeness (QED) is 0.679. The van der Waals surface area contributed by atoms with E-state index in [1.807, 2.05) is 13.8 Å². The second-order valence-corrected chi connectivity index (χ2v) is 5.08. The average molecular weight is 256 g/mol. The first-order chi connectivity index (χ1) is 7.90. The number of rotatable bonds is 5. The van der Waals surface area contributed by atoms with Gasteiger partial charge >= 0.3 is 0 Å². The molecule has 5 N–H and O–H groups in total. The summed E-state index contributed by atoms with van der Waals surface area (Å²) in [6.07, 6.45) is 1.58. The maximum atomic E-state index is 11.6. The van der Waals surface area contributed by atoms with Gasteiger partial charge in [-0.1, -0.05) is 0 Å². The summed E-state index contributed by atoms with van der Waals surface area (Å²) in [6, 6.07) is -1.13. The number of amides is 2. The molecule has 0 saturated carbocycles. The molecule has 17 heavy (non-hydrogen) atoms. The van der Waals surface area contributed by atoms with E-state index in [-0.39, 0.29) is 12.5 Å². The normalized spacial score (nSPS) is 14.1. The molecule has 2 atom stereocenters. The molecule has 0 bridgehead atoms. The summed E-state index contributed by atoms with van der Waals surface area (Å²) in [7, 11) is 0. The molecule has 1 aromatic heterocycles. The number of nitrogens with two attached hydrogens (primary N) is 2. The molecule has 0 aliphatic rings. The number of primary amides is 1. The van der Waals surface area contributed by atoms with Crippen LogP contribution < -0.4 is 16.8 Å². The molecular weight excluding hydrogens is 240 g/mol. The average Bonchev–Trinajstić information content (AvgIpc) is 2.63. The van der Waals surface area contributed by atoms with Crippen molar-refractivity contribution in [3.05, 3.63) is 16.1 Å². The van der Waals surface area contributed by atoms with Crippen LogP contribution in [-0.4, -0.2) is 22.8 Å². The van der Waals surface area contributed by atoms with Crippen LogP contribution in [0.5, 0.6) is 0 Å². The SMILES string of the molecule is Cc1cnc(C(C)NC(=O)C(N)CC(N)=O)s1. The predicted octanol–water partition coefficient (Wildman–Crippen LogP) is -0.169. The van der Waals surface area contributed by atoms with Gasteiger partial charge in [-0.05, 0) is 13.8 Å². The molecule has 94 valence electrons. The van der Waals surface area contributed by atoms with Gasteiger partial charge in [0.1, 0.15) is 5.01 Å². The minimum atomic E-state index is -0.906. The fourth-order valence-corrected chi connectivity index (χ4v) is 2.04. The summed E-state index contributed by atoms with van der Waals surface area (Å²) in [5, 5.41) is 3.50. The van der Waals surface area contributed by atoms with Crippen molar-refractivity contribution in [2.75, 3.05) is 0 Å². The number of nitrogens with one attached hydrogen (secondary N) is 1. The lowest BCUT2D eigenvalue weighted by Gasteiger charge is -2.14. The summed E-state index contributed by atoms with van der Waals surface area (Å²) in [6.45, 7) is 3.75. The van der Waals surface area contributed by atoms with E-state index in [4.69, 9.17) is 11.5 Å². The second-order valence-electron chi connectivity index (χ2n) is 3.82. The highest BCUT2D eigenvalue weighted by Crippen LogP contribution is 2.18. The van der Waals surface area contributed by atoms with Crippen LogP contribution in [-0.2, 0) is 9.59 Å². The third-order valence-corrected chi connectivity index (χ3v) is 3.22. The first kappa shape index (κ1) is 13.6. The lowest BCUT2D eigenvalue weighted by molar-refractivity contribution is -0.126. The molecule has 0 aromatic carbocycles. The minimum absolute atomic E-state index is 0.157. The van der Waals surface area contributed by atoms with Crippen molar-refractivity contribution in [2.45, 2.75) is 32.4 Å². The van der Waals surface area contributed by atoms with Crippen LogP contribution >= 0.6 is 11.3 Å². The molecule has 0 fully saturated rings. The third kappa shape index (κ3) is 4.12. The van der Waals surface area contributed by atoms with Gasteiger partial charge in [-0.25, -0.2) is 4.98 Å². The second kappa shape index (κ2) is 5.74. The van der Waals surface area contributed by atoms with Crippen LogP contribution in [0.2, 0.25) is 0 Å². The van der Waals surface area contributed by atoms with Gasteiger partial charge in [0.25, 0.3) is 0 Å². The molecule has 1 rings (SSSR count). The highest BCUT2D eigenvalue weighted by atomic mass is 32.1. The van der Waals surface area contributed by atoms with Gasteiger partial charge in [0.2, 0.25) is 11.8 Å². The van der Waals surface area contributed by atoms with Crippen LogP contribution in [0.1, 0.15) is 29.3 Å². The van der Waals surface area contributed by atoms with Gasteiger partial charge in [-0.15, -0.1) is 11.3 Å². The molecule has 1 heterocycles. The molecule has 0 aliphatic heterocycles. The van der Waals surface area contributed by atoms with Gasteiger partial charge in [-0.2, -0.15) is 0 Å². The molecule has 2 amide bonds. The first-order valence-corrected chi connectivity index (χ1v) is 5.98. The fourth-order valence-electron chi connectivity index (χ4n) is 1.26. The fraction of sp³-hybridized carbons (Fsp3) is 0.500. The van der Waals surface area contributed by atoms with Crippen molar-refractivity contribution in [1.29, 1.82) is 0 Å². The molecular formula is C10H16N4O2S. The predicted molar refractivity (Wildman–Crippen MR) is 65.2 cm³/mol. The summed E-state index contributed by atoms with van der Waals surface area (Å²) >= 11 is 1.51. The Morgan fingerprint density at radius 3 is 2.71 bits per heavy atom. The molecule has 7 heteroatoms. The Labute approximate surface area is 103 Å². The van der Waals surface area contributed by atoms with Crippen LogP contribution in [0.25, 0.3) is 0 Å². The van der Waals surface area contributed by atoms with E-state index in [1.54, 1.807) is 6.20 Å². The smallest absolute Gasteiger partial charge is 0.238 e. The molecule has 1 aromatic rings. The van der Waals surface area contributed by atoms with Gasteiger partial charge in [0, 0.05) is 11.1 Å². The monoisotopic (exact) mass is 256 g/mol. The molecule has 2 unspecified atom stereocenters. The van der Waals surface area contributed by atoms with E-state index in [1.165, 1.54) is 11.3 Å². The number of carbonyl (C=O) groups is 2. The number of hydrogen-bond donors (Lipinski definition) is 3. The van der Waals surface area contributed by atoms with E-state index < -0.39 is 17.9 Å². The van der Waals surface area contributed by atoms with Gasteiger partial charge in [0.15, 0.2) is 0 Å². The standard InChI is InChI=1S/C10H16N4O2S/c1-5-4-13-10(17-5)6(2)14-9(16)7(11)3-8(12)15/h4,6-7H,3,11H2,1-2H3,(H2,12,15)(H,14,16). The van der Waals surface area contributed by atoms with E-state index in [2.05, 4.69) is 10.3 Å². The van der Waals surface area contributed by atoms with E-state index in [9.17, 15) is 9.59 Å². The third-order valence-electron chi connectivity index (χ3n) is 2.13. The highest BCUT2D eigenvalue weighted by molar-refractivity contribution is 7.11. The molecule has 0 spiro atoms. The molecule has 0 aliphatic carbocycles. The number of aryl methyl sites for hydroxylation is 1. The number of hydrogen-bond acceptors (Lipinski definition) is 5. The zero-order valence-electron chi connectivity index (χ0n) is 9.77. The van der Waals surface area contributed by atoms with Crippen molar-refractivity contribution in [3.63, 3.8) is 0 Å². The number of thiazole rings is 1. The number of aromatic nitrogens is 1. The Bertz CT molecular complexity index is 418. The lowest BCUT2D eigenvalue weighted by atomic mass is 10.2. The number of carbonyl (C=O) groups excluding carboxylic acids is 2. The zero-order valence-corrected chi connectivity index (χ0v) is 10.6. The van der Waals surface area contributed by atoms with Crippen LogP contribution in [0.15, 0.2) is 6.20 Å². The topological polar surface area (TPSA) is 111 Å². The Balaban J connectivity index is 2.53. The van der Waals surface area contributed by atoms with Crippen molar-refractivity contribution in [1.82, 2.24) is 10.3 Å². The summed E-state index contributed by atoms with van der Waals surface area (Å²) in [5.41, 5.74) is 10.5. The van der Waals surface area contributed by atoms with Gasteiger partial charge < -0.3 is 16.8 Å². The number of nitrogens with zero attached hydrogens (tertiary/aromatic N) is 1. The maximum Gasteiger partial charge on any atom is 0.238 e. The van der Waals surface area contributed by atoms with Crippen molar-refractivity contribution < 1.29 is 9.59 Å². The molecule has 6 nitrogen and oxygen atoms in total. The van der Waals surface area contributed by atoms with Crippen molar-refractivity contribution >= 4 is 23.2 Å². The first-order valence-electron chi connectivity index (χ1n) is 5.16. The van der Waals surface area contributed by atoms with E-state index >= 15 is 0 Å². The summed E-state index contributed by atoms with van der Waals surface area (Å²) in [4.78, 5) is 27.5. The Hall–Kier alpha value is -1.47. The maximum absolute atomic E-state index is 11.6. The van der Waals surface area contributed by atoms with E-state index in [0.29, 0.717) is 0 Å². The summed E-state index contributed by atoms with van der Waals surface area (Å²) in [5.74, 6) is -0.991. The van der Waals surface area contributed by atoms with Crippen LogP contribution in [0.4, 0.5) is 0 Å². The van der Waals surface area contributed by atoms with E-state index in [0.717, 1.165) is 9.88 Å². The van der Waals surface area contributed by atoms with Gasteiger partial charge in [0.05, 0.1) is 18.5 Å². The Kier molecular flexibility index (Phi) is 4.59. The molecule has 0 saturated heterocycles. The van der Waals surface area contributed by atoms with Gasteiger partial charge in [-0.3, -0.25) is 9.59 Å². The summed E-state index contributed by atoms with van der Waals surface area (Å²) < 4.78 is 0. The van der Waals surface area contributed by atoms with Crippen molar-refractivity contribution in [2.24, 2.45) is 11.5 Å². The molecule has 0 radical (unpaired) electrons. The zero-order chi connectivity index (χ0) is 13.0.